The summed E-state index contributed by atoms with van der Waals surface area (Å²) in [6.45, 7) is 2.33. The van der Waals surface area contributed by atoms with Crippen LogP contribution in [0.2, 0.25) is 0 Å². The molecule has 1 saturated carbocycles. The zero-order chi connectivity index (χ0) is 11.2. The molecule has 2 rings (SSSR count). The molecule has 0 aromatic heterocycles. The largest absolute Gasteiger partial charge is 0.0654 e. The van der Waals surface area contributed by atoms with Gasteiger partial charge in [-0.1, -0.05) is 51.0 Å². The maximum absolute atomic E-state index is 3.72. The van der Waals surface area contributed by atoms with Crippen LogP contribution in [0.5, 0.6) is 0 Å². The van der Waals surface area contributed by atoms with Crippen LogP contribution in [0.4, 0.5) is 0 Å². The maximum atomic E-state index is 3.72. The van der Waals surface area contributed by atoms with E-state index in [1.807, 2.05) is 0 Å². The van der Waals surface area contributed by atoms with E-state index < -0.39 is 0 Å². The molecular formula is C16H27. The molecule has 0 aliphatic heterocycles. The molecule has 0 aromatic carbocycles. The first-order chi connectivity index (χ1) is 7.90. The zero-order valence-electron chi connectivity index (χ0n) is 10.9. The van der Waals surface area contributed by atoms with Crippen molar-refractivity contribution in [3.63, 3.8) is 0 Å². The van der Waals surface area contributed by atoms with Gasteiger partial charge in [0.2, 0.25) is 0 Å². The van der Waals surface area contributed by atoms with Crippen molar-refractivity contribution in [2.75, 3.05) is 0 Å². The molecule has 0 aromatic rings. The van der Waals surface area contributed by atoms with Gasteiger partial charge < -0.3 is 0 Å². The van der Waals surface area contributed by atoms with Crippen molar-refractivity contribution in [2.24, 2.45) is 11.8 Å². The van der Waals surface area contributed by atoms with E-state index in [0.717, 1.165) is 11.8 Å². The minimum atomic E-state index is 0.903. The van der Waals surface area contributed by atoms with Crippen molar-refractivity contribution in [1.29, 1.82) is 0 Å². The molecule has 0 bridgehead atoms. The predicted molar refractivity (Wildman–Crippen MR) is 70.2 cm³/mol. The van der Waals surface area contributed by atoms with Crippen LogP contribution in [-0.4, -0.2) is 0 Å². The molecule has 0 N–H and O–H groups in total. The first-order valence-corrected chi connectivity index (χ1v) is 7.49. The molecule has 16 heavy (non-hydrogen) atoms. The number of rotatable bonds is 4. The van der Waals surface area contributed by atoms with Gasteiger partial charge >= 0.3 is 0 Å². The van der Waals surface area contributed by atoms with Gasteiger partial charge in [0.25, 0.3) is 0 Å². The first-order valence-electron chi connectivity index (χ1n) is 7.49. The van der Waals surface area contributed by atoms with Crippen LogP contribution in [0.15, 0.2) is 5.57 Å². The second-order valence-electron chi connectivity index (χ2n) is 5.79. The lowest BCUT2D eigenvalue weighted by molar-refractivity contribution is 0.333. The van der Waals surface area contributed by atoms with Gasteiger partial charge in [-0.2, -0.15) is 0 Å². The van der Waals surface area contributed by atoms with E-state index in [0.29, 0.717) is 0 Å². The molecule has 1 radical (unpaired) electrons. The number of hydrogen-bond acceptors (Lipinski definition) is 0. The molecule has 1 fully saturated rings. The summed E-state index contributed by atoms with van der Waals surface area (Å²) in [5, 5.41) is 0. The Morgan fingerprint density at radius 1 is 1.06 bits per heavy atom. The van der Waals surface area contributed by atoms with Crippen molar-refractivity contribution < 1.29 is 0 Å². The van der Waals surface area contributed by atoms with Crippen molar-refractivity contribution in [1.82, 2.24) is 0 Å². The molecule has 0 amide bonds. The Kier molecular flexibility index (Phi) is 4.93. The number of allylic oxidation sites excluding steroid dienone is 2. The third-order valence-corrected chi connectivity index (χ3v) is 4.44. The molecule has 0 spiro atoms. The lowest BCUT2D eigenvalue weighted by Crippen LogP contribution is -2.14. The molecular weight excluding hydrogens is 192 g/mol. The lowest BCUT2D eigenvalue weighted by Gasteiger charge is -2.29. The van der Waals surface area contributed by atoms with E-state index >= 15 is 0 Å². The van der Waals surface area contributed by atoms with Crippen LogP contribution in [-0.2, 0) is 0 Å². The van der Waals surface area contributed by atoms with E-state index in [4.69, 9.17) is 0 Å². The van der Waals surface area contributed by atoms with Gasteiger partial charge in [-0.15, -0.1) is 0 Å². The smallest absolute Gasteiger partial charge is 0.0197 e. The fraction of sp³-hybridized carbons (Fsp3) is 0.875. The Labute approximate surface area is 102 Å². The average molecular weight is 219 g/mol. The van der Waals surface area contributed by atoms with Gasteiger partial charge in [0.1, 0.15) is 0 Å². The Bertz CT molecular complexity index is 220. The summed E-state index contributed by atoms with van der Waals surface area (Å²) in [7, 11) is 0. The van der Waals surface area contributed by atoms with Crippen LogP contribution in [0, 0.1) is 17.9 Å². The monoisotopic (exact) mass is 219 g/mol. The highest BCUT2D eigenvalue weighted by Crippen LogP contribution is 2.36. The highest BCUT2D eigenvalue weighted by Gasteiger charge is 2.21. The lowest BCUT2D eigenvalue weighted by atomic mass is 9.77. The Morgan fingerprint density at radius 3 is 2.62 bits per heavy atom. The second kappa shape index (κ2) is 6.47. The molecule has 0 heterocycles. The van der Waals surface area contributed by atoms with Gasteiger partial charge in [0.05, 0.1) is 0 Å². The van der Waals surface area contributed by atoms with Crippen molar-refractivity contribution in [3.8, 4) is 0 Å². The van der Waals surface area contributed by atoms with Crippen LogP contribution >= 0.6 is 0 Å². The SMILES string of the molecule is CCCC1CCC[C]=C1CC1CCCCC1. The summed E-state index contributed by atoms with van der Waals surface area (Å²) in [5.41, 5.74) is 1.72. The van der Waals surface area contributed by atoms with Crippen LogP contribution in [0.25, 0.3) is 0 Å². The minimum Gasteiger partial charge on any atom is -0.0654 e. The molecule has 1 atom stereocenters. The predicted octanol–water partition coefficient (Wildman–Crippen LogP) is 5.29. The van der Waals surface area contributed by atoms with Gasteiger partial charge in [-0.3, -0.25) is 0 Å². The summed E-state index contributed by atoms with van der Waals surface area (Å²) in [4.78, 5) is 0. The van der Waals surface area contributed by atoms with E-state index in [1.165, 1.54) is 70.6 Å². The summed E-state index contributed by atoms with van der Waals surface area (Å²) in [6.07, 6.45) is 19.4. The fourth-order valence-corrected chi connectivity index (χ4v) is 3.52. The second-order valence-corrected chi connectivity index (χ2v) is 5.79. The Hall–Kier alpha value is -0.260. The molecule has 1 unspecified atom stereocenters. The molecule has 0 heteroatoms. The summed E-state index contributed by atoms with van der Waals surface area (Å²) in [5.74, 6) is 1.91. The molecule has 2 aliphatic carbocycles. The van der Waals surface area contributed by atoms with E-state index in [1.54, 1.807) is 5.57 Å². The molecule has 0 saturated heterocycles. The van der Waals surface area contributed by atoms with Crippen molar-refractivity contribution in [3.05, 3.63) is 11.6 Å². The van der Waals surface area contributed by atoms with E-state index in [-0.39, 0.29) is 0 Å². The Morgan fingerprint density at radius 2 is 1.88 bits per heavy atom. The van der Waals surface area contributed by atoms with Crippen LogP contribution in [0.1, 0.15) is 77.6 Å². The quantitative estimate of drug-likeness (QED) is 0.603. The van der Waals surface area contributed by atoms with E-state index in [2.05, 4.69) is 13.0 Å². The summed E-state index contributed by atoms with van der Waals surface area (Å²) < 4.78 is 0. The van der Waals surface area contributed by atoms with Gasteiger partial charge in [0, 0.05) is 0 Å². The molecule has 2 aliphatic rings. The molecule has 0 nitrogen and oxygen atoms in total. The average Bonchev–Trinajstić information content (AvgIpc) is 2.33. The third-order valence-electron chi connectivity index (χ3n) is 4.44. The van der Waals surface area contributed by atoms with Crippen molar-refractivity contribution >= 4 is 0 Å². The van der Waals surface area contributed by atoms with Crippen LogP contribution < -0.4 is 0 Å². The molecule has 91 valence electrons. The summed E-state index contributed by atoms with van der Waals surface area (Å²) in [6, 6.07) is 0. The highest BCUT2D eigenvalue weighted by atomic mass is 14.3. The van der Waals surface area contributed by atoms with Crippen molar-refractivity contribution in [2.45, 2.75) is 77.6 Å². The topological polar surface area (TPSA) is 0 Å². The minimum absolute atomic E-state index is 0.903. The van der Waals surface area contributed by atoms with E-state index in [9.17, 15) is 0 Å². The fourth-order valence-electron chi connectivity index (χ4n) is 3.52. The van der Waals surface area contributed by atoms with Gasteiger partial charge in [-0.25, -0.2) is 0 Å². The Balaban J connectivity index is 1.87. The van der Waals surface area contributed by atoms with Gasteiger partial charge in [0.15, 0.2) is 0 Å². The van der Waals surface area contributed by atoms with Gasteiger partial charge in [-0.05, 0) is 50.0 Å². The normalized spacial score (nSPS) is 27.8. The third kappa shape index (κ3) is 3.37. The maximum Gasteiger partial charge on any atom is -0.0197 e. The standard InChI is InChI=1S/C16H27/c1-2-8-15-11-6-7-12-16(15)13-14-9-4-3-5-10-14/h14-15H,2-11,13H2,1H3. The van der Waals surface area contributed by atoms with Crippen LogP contribution in [0.3, 0.4) is 0 Å². The zero-order valence-corrected chi connectivity index (χ0v) is 10.9. The summed E-state index contributed by atoms with van der Waals surface area (Å²) >= 11 is 0. The highest BCUT2D eigenvalue weighted by molar-refractivity contribution is 5.07. The first kappa shape index (κ1) is 12.2. The number of hydrogen-bond donors (Lipinski definition) is 0.